The molecule has 8 nitrogen and oxygen atoms in total. The molecular weight excluding hydrogens is 384 g/mol. The minimum absolute atomic E-state index is 0.0933. The molecule has 0 bridgehead atoms. The van der Waals surface area contributed by atoms with Gasteiger partial charge in [-0.05, 0) is 51.1 Å². The Morgan fingerprint density at radius 2 is 1.87 bits per heavy atom. The number of carbonyl (C=O) groups is 1. The molecule has 0 saturated carbocycles. The number of aromatic nitrogens is 1. The van der Waals surface area contributed by atoms with Crippen molar-refractivity contribution in [3.05, 3.63) is 82.0 Å². The first-order valence-electron chi connectivity index (χ1n) is 9.43. The molecule has 0 aliphatic heterocycles. The van der Waals surface area contributed by atoms with Gasteiger partial charge >= 0.3 is 11.8 Å². The number of nitro groups is 1. The summed E-state index contributed by atoms with van der Waals surface area (Å²) in [6.45, 7) is 5.73. The Morgan fingerprint density at radius 1 is 1.13 bits per heavy atom. The fraction of sp³-hybridized carbons (Fsp3) is 0.182. The number of nitrogens with one attached hydrogen (secondary N) is 1. The standard InChI is InChI=1S/C22H22N4O4/c1-4-25(18-10-6-5-7-11-18)22(27)30-19-12-8-9-17(14-19)24-21-20(26(28)29)15(2)13-16(3)23-21/h5-14H,4H2,1-3H3,(H,23,24). The van der Waals surface area contributed by atoms with Crippen LogP contribution in [0.2, 0.25) is 0 Å². The largest absolute Gasteiger partial charge is 0.419 e. The van der Waals surface area contributed by atoms with E-state index in [9.17, 15) is 14.9 Å². The quantitative estimate of drug-likeness (QED) is 0.436. The van der Waals surface area contributed by atoms with Gasteiger partial charge in [0.25, 0.3) is 0 Å². The topological polar surface area (TPSA) is 97.6 Å². The van der Waals surface area contributed by atoms with Crippen molar-refractivity contribution < 1.29 is 14.5 Å². The van der Waals surface area contributed by atoms with Crippen LogP contribution in [0.15, 0.2) is 60.7 Å². The van der Waals surface area contributed by atoms with E-state index < -0.39 is 11.0 Å². The Bertz CT molecular complexity index is 1070. The molecule has 0 atom stereocenters. The molecule has 154 valence electrons. The van der Waals surface area contributed by atoms with Gasteiger partial charge in [-0.3, -0.25) is 15.0 Å². The average molecular weight is 406 g/mol. The zero-order chi connectivity index (χ0) is 21.7. The fourth-order valence-electron chi connectivity index (χ4n) is 3.10. The van der Waals surface area contributed by atoms with E-state index in [2.05, 4.69) is 10.3 Å². The van der Waals surface area contributed by atoms with Crippen molar-refractivity contribution in [2.24, 2.45) is 0 Å². The molecule has 3 aromatic rings. The van der Waals surface area contributed by atoms with Crippen molar-refractivity contribution in [3.8, 4) is 5.75 Å². The molecule has 0 fully saturated rings. The number of para-hydroxylation sites is 1. The minimum atomic E-state index is -0.517. The Kier molecular flexibility index (Phi) is 6.26. The number of rotatable bonds is 6. The molecule has 2 aromatic carbocycles. The van der Waals surface area contributed by atoms with Crippen molar-refractivity contribution in [1.82, 2.24) is 4.98 Å². The van der Waals surface area contributed by atoms with Crippen LogP contribution in [0.4, 0.5) is 27.7 Å². The predicted octanol–water partition coefficient (Wildman–Crippen LogP) is 5.38. The van der Waals surface area contributed by atoms with Gasteiger partial charge in [-0.25, -0.2) is 9.78 Å². The molecule has 1 heterocycles. The molecule has 1 aromatic heterocycles. The summed E-state index contributed by atoms with van der Waals surface area (Å²) in [6, 6.07) is 17.5. The summed E-state index contributed by atoms with van der Waals surface area (Å²) in [5.74, 6) is 0.451. The van der Waals surface area contributed by atoms with Crippen LogP contribution in [0.1, 0.15) is 18.2 Å². The Morgan fingerprint density at radius 3 is 2.53 bits per heavy atom. The van der Waals surface area contributed by atoms with Crippen molar-refractivity contribution >= 4 is 29.0 Å². The third kappa shape index (κ3) is 4.72. The lowest BCUT2D eigenvalue weighted by Gasteiger charge is -2.20. The predicted molar refractivity (Wildman–Crippen MR) is 116 cm³/mol. The van der Waals surface area contributed by atoms with E-state index in [1.807, 2.05) is 37.3 Å². The van der Waals surface area contributed by atoms with Gasteiger partial charge in [-0.2, -0.15) is 0 Å². The number of hydrogen-bond donors (Lipinski definition) is 1. The number of carbonyl (C=O) groups excluding carboxylic acids is 1. The van der Waals surface area contributed by atoms with E-state index >= 15 is 0 Å². The number of benzene rings is 2. The number of hydrogen-bond acceptors (Lipinski definition) is 6. The van der Waals surface area contributed by atoms with E-state index in [1.54, 1.807) is 44.2 Å². The van der Waals surface area contributed by atoms with Crippen LogP contribution >= 0.6 is 0 Å². The Balaban J connectivity index is 1.82. The number of pyridine rings is 1. The maximum atomic E-state index is 12.6. The van der Waals surface area contributed by atoms with E-state index in [0.717, 1.165) is 5.69 Å². The Hall–Kier alpha value is -3.94. The third-order valence-corrected chi connectivity index (χ3v) is 4.40. The molecule has 0 aliphatic carbocycles. The molecule has 0 aliphatic rings. The van der Waals surface area contributed by atoms with Crippen LogP contribution in [0.25, 0.3) is 0 Å². The second kappa shape index (κ2) is 9.04. The normalized spacial score (nSPS) is 10.4. The van der Waals surface area contributed by atoms with Gasteiger partial charge in [0.05, 0.1) is 4.92 Å². The number of aryl methyl sites for hydroxylation is 2. The molecule has 0 spiro atoms. The highest BCUT2D eigenvalue weighted by Gasteiger charge is 2.20. The highest BCUT2D eigenvalue weighted by molar-refractivity contribution is 5.89. The van der Waals surface area contributed by atoms with Crippen LogP contribution in [0, 0.1) is 24.0 Å². The first-order valence-corrected chi connectivity index (χ1v) is 9.43. The zero-order valence-electron chi connectivity index (χ0n) is 17.0. The molecule has 1 N–H and O–H groups in total. The Labute approximate surface area is 174 Å². The molecule has 30 heavy (non-hydrogen) atoms. The van der Waals surface area contributed by atoms with Gasteiger partial charge in [0.15, 0.2) is 0 Å². The highest BCUT2D eigenvalue weighted by atomic mass is 16.6. The molecule has 3 rings (SSSR count). The minimum Gasteiger partial charge on any atom is -0.410 e. The van der Waals surface area contributed by atoms with Crippen molar-refractivity contribution in [2.45, 2.75) is 20.8 Å². The molecule has 0 unspecified atom stereocenters. The lowest BCUT2D eigenvalue weighted by Crippen LogP contribution is -2.33. The van der Waals surface area contributed by atoms with E-state index in [0.29, 0.717) is 29.2 Å². The van der Waals surface area contributed by atoms with E-state index in [4.69, 9.17) is 4.74 Å². The monoisotopic (exact) mass is 406 g/mol. The summed E-state index contributed by atoms with van der Waals surface area (Å²) in [5, 5.41) is 14.4. The molecule has 0 radical (unpaired) electrons. The number of anilines is 3. The van der Waals surface area contributed by atoms with Gasteiger partial charge in [0.2, 0.25) is 5.82 Å². The van der Waals surface area contributed by atoms with Crippen LogP contribution in [0.3, 0.4) is 0 Å². The van der Waals surface area contributed by atoms with Gasteiger partial charge in [-0.15, -0.1) is 0 Å². The lowest BCUT2D eigenvalue weighted by atomic mass is 10.2. The number of amides is 1. The van der Waals surface area contributed by atoms with E-state index in [-0.39, 0.29) is 11.5 Å². The average Bonchev–Trinajstić information content (AvgIpc) is 2.68. The summed E-state index contributed by atoms with van der Waals surface area (Å²) in [6.07, 6.45) is -0.517. The fourth-order valence-corrected chi connectivity index (χ4v) is 3.10. The van der Waals surface area contributed by atoms with Crippen molar-refractivity contribution in [1.29, 1.82) is 0 Å². The van der Waals surface area contributed by atoms with E-state index in [1.165, 1.54) is 4.90 Å². The van der Waals surface area contributed by atoms with Gasteiger partial charge in [0, 0.05) is 35.2 Å². The van der Waals surface area contributed by atoms with Crippen molar-refractivity contribution in [2.75, 3.05) is 16.8 Å². The number of ether oxygens (including phenoxy) is 1. The first kappa shape index (κ1) is 20.8. The molecular formula is C22H22N4O4. The van der Waals surface area contributed by atoms with Gasteiger partial charge in [0.1, 0.15) is 5.75 Å². The molecule has 8 heteroatoms. The summed E-state index contributed by atoms with van der Waals surface area (Å²) < 4.78 is 5.52. The molecule has 0 saturated heterocycles. The van der Waals surface area contributed by atoms with Gasteiger partial charge < -0.3 is 10.1 Å². The van der Waals surface area contributed by atoms with Crippen LogP contribution < -0.4 is 15.0 Å². The maximum Gasteiger partial charge on any atom is 0.419 e. The summed E-state index contributed by atoms with van der Waals surface area (Å²) >= 11 is 0. The van der Waals surface area contributed by atoms with Crippen LogP contribution in [-0.2, 0) is 0 Å². The summed E-state index contributed by atoms with van der Waals surface area (Å²) in [7, 11) is 0. The van der Waals surface area contributed by atoms with Gasteiger partial charge in [-0.1, -0.05) is 24.3 Å². The second-order valence-corrected chi connectivity index (χ2v) is 6.64. The van der Waals surface area contributed by atoms with Crippen molar-refractivity contribution in [3.63, 3.8) is 0 Å². The molecule has 1 amide bonds. The number of nitrogens with zero attached hydrogens (tertiary/aromatic N) is 3. The summed E-state index contributed by atoms with van der Waals surface area (Å²) in [5.41, 5.74) is 2.32. The third-order valence-electron chi connectivity index (χ3n) is 4.40. The second-order valence-electron chi connectivity index (χ2n) is 6.64. The smallest absolute Gasteiger partial charge is 0.410 e. The SMILES string of the molecule is CCN(C(=O)Oc1cccc(Nc2nc(C)cc(C)c2[N+](=O)[O-])c1)c1ccccc1. The van der Waals surface area contributed by atoms with Crippen LogP contribution in [-0.4, -0.2) is 22.5 Å². The summed E-state index contributed by atoms with van der Waals surface area (Å²) in [4.78, 5) is 29.4. The highest BCUT2D eigenvalue weighted by Crippen LogP contribution is 2.30. The lowest BCUT2D eigenvalue weighted by molar-refractivity contribution is -0.384. The first-order chi connectivity index (χ1) is 14.4. The van der Waals surface area contributed by atoms with Crippen LogP contribution in [0.5, 0.6) is 5.75 Å². The maximum absolute atomic E-state index is 12.6. The zero-order valence-corrected chi connectivity index (χ0v) is 17.0.